The van der Waals surface area contributed by atoms with Gasteiger partial charge in [-0.25, -0.2) is 4.57 Å². The van der Waals surface area contributed by atoms with E-state index in [4.69, 9.17) is 18.5 Å². The molecule has 0 amide bonds. The minimum absolute atomic E-state index is 0.0289. The summed E-state index contributed by atoms with van der Waals surface area (Å²) < 4.78 is 34.1. The van der Waals surface area contributed by atoms with Gasteiger partial charge in [0, 0.05) is 12.8 Å². The van der Waals surface area contributed by atoms with E-state index in [1.54, 1.807) is 0 Å². The van der Waals surface area contributed by atoms with Gasteiger partial charge in [-0.1, -0.05) is 140 Å². The van der Waals surface area contributed by atoms with Crippen LogP contribution in [0, 0.1) is 0 Å². The van der Waals surface area contributed by atoms with Crippen molar-refractivity contribution in [3.05, 3.63) is 36.5 Å². The maximum atomic E-state index is 12.6. The van der Waals surface area contributed by atoms with Gasteiger partial charge < -0.3 is 18.9 Å². The maximum absolute atomic E-state index is 12.6. The summed E-state index contributed by atoms with van der Waals surface area (Å²) in [6, 6.07) is 0. The summed E-state index contributed by atoms with van der Waals surface area (Å²) >= 11 is 0. The van der Waals surface area contributed by atoms with Crippen molar-refractivity contribution in [1.82, 2.24) is 0 Å². The lowest BCUT2D eigenvalue weighted by atomic mass is 10.1. The Labute approximate surface area is 319 Å². The molecule has 9 nitrogen and oxygen atoms in total. The van der Waals surface area contributed by atoms with Crippen LogP contribution in [0.3, 0.4) is 0 Å². The molecule has 0 aromatic heterocycles. The normalized spacial score (nSPS) is 14.0. The zero-order valence-corrected chi connectivity index (χ0v) is 34.9. The minimum atomic E-state index is -4.37. The second-order valence-corrected chi connectivity index (χ2v) is 16.5. The Bertz CT molecular complexity index is 991. The average Bonchev–Trinajstić information content (AvgIpc) is 3.09. The molecule has 0 aromatic rings. The fourth-order valence-electron chi connectivity index (χ4n) is 5.37. The van der Waals surface area contributed by atoms with E-state index in [1.165, 1.54) is 64.2 Å². The highest BCUT2D eigenvalue weighted by molar-refractivity contribution is 7.47. The summed E-state index contributed by atoms with van der Waals surface area (Å²) in [6.45, 7) is 4.33. The summed E-state index contributed by atoms with van der Waals surface area (Å²) in [4.78, 5) is 35.1. The molecular formula is C42H79NO8P+. The number of esters is 2. The molecule has 0 saturated carbocycles. The number of phosphoric acid groups is 1. The standard InChI is InChI=1S/C42H78NO8P/c1-6-8-10-12-14-15-16-17-18-19-20-21-22-23-24-25-26-27-29-31-33-35-42(45)51-40(39-50-52(46,47)49-37-36-43(3,4)5)38-48-41(44)34-32-30-28-13-11-9-7-2/h16-17,19-20,22-23,40H,6-15,18,21,24-39H2,1-5H3/p+1/b17-16-,20-19-,23-22-. The lowest BCUT2D eigenvalue weighted by molar-refractivity contribution is -0.870. The highest BCUT2D eigenvalue weighted by Crippen LogP contribution is 2.43. The van der Waals surface area contributed by atoms with Crippen molar-refractivity contribution in [3.63, 3.8) is 0 Å². The van der Waals surface area contributed by atoms with Crippen LogP contribution < -0.4 is 0 Å². The second kappa shape index (κ2) is 35.0. The van der Waals surface area contributed by atoms with Crippen molar-refractivity contribution in [3.8, 4) is 0 Å². The molecule has 52 heavy (non-hydrogen) atoms. The van der Waals surface area contributed by atoms with E-state index in [0.29, 0.717) is 17.4 Å². The van der Waals surface area contributed by atoms with Gasteiger partial charge in [0.2, 0.25) is 0 Å². The Morgan fingerprint density at radius 2 is 1.04 bits per heavy atom. The van der Waals surface area contributed by atoms with Crippen LogP contribution in [0.15, 0.2) is 36.5 Å². The molecule has 0 radical (unpaired) electrons. The molecule has 0 fully saturated rings. The first-order valence-electron chi connectivity index (χ1n) is 20.7. The monoisotopic (exact) mass is 757 g/mol. The second-order valence-electron chi connectivity index (χ2n) is 15.0. The number of quaternary nitrogens is 1. The van der Waals surface area contributed by atoms with E-state index >= 15 is 0 Å². The Hall–Kier alpha value is -1.77. The van der Waals surface area contributed by atoms with Crippen molar-refractivity contribution in [1.29, 1.82) is 0 Å². The summed E-state index contributed by atoms with van der Waals surface area (Å²) in [7, 11) is 1.46. The van der Waals surface area contributed by atoms with Crippen LogP contribution >= 0.6 is 7.82 Å². The molecular weight excluding hydrogens is 677 g/mol. The number of rotatable bonds is 37. The van der Waals surface area contributed by atoms with E-state index < -0.39 is 26.5 Å². The van der Waals surface area contributed by atoms with Gasteiger partial charge in [-0.3, -0.25) is 18.6 Å². The fraction of sp³-hybridized carbons (Fsp3) is 0.810. The molecule has 2 unspecified atom stereocenters. The Kier molecular flexibility index (Phi) is 33.8. The minimum Gasteiger partial charge on any atom is -0.462 e. The van der Waals surface area contributed by atoms with Crippen molar-refractivity contribution < 1.29 is 42.1 Å². The zero-order valence-electron chi connectivity index (χ0n) is 34.0. The molecule has 0 aliphatic heterocycles. The fourth-order valence-corrected chi connectivity index (χ4v) is 6.11. The summed E-state index contributed by atoms with van der Waals surface area (Å²) in [5.74, 6) is -0.821. The third-order valence-electron chi connectivity index (χ3n) is 8.67. The molecule has 304 valence electrons. The van der Waals surface area contributed by atoms with Crippen LogP contribution in [0.2, 0.25) is 0 Å². The number of hydrogen-bond donors (Lipinski definition) is 1. The van der Waals surface area contributed by atoms with E-state index in [1.807, 2.05) is 21.1 Å². The lowest BCUT2D eigenvalue weighted by Crippen LogP contribution is -2.37. The number of ether oxygens (including phenoxy) is 2. The van der Waals surface area contributed by atoms with Crippen molar-refractivity contribution in [2.45, 2.75) is 174 Å². The first-order chi connectivity index (χ1) is 25.0. The quantitative estimate of drug-likeness (QED) is 0.0219. The highest BCUT2D eigenvalue weighted by Gasteiger charge is 2.27. The highest BCUT2D eigenvalue weighted by atomic mass is 31.2. The maximum Gasteiger partial charge on any atom is 0.472 e. The van der Waals surface area contributed by atoms with Crippen LogP contribution in [-0.4, -0.2) is 74.9 Å². The predicted molar refractivity (Wildman–Crippen MR) is 215 cm³/mol. The van der Waals surface area contributed by atoms with E-state index in [0.717, 1.165) is 70.6 Å². The van der Waals surface area contributed by atoms with Gasteiger partial charge in [0.25, 0.3) is 0 Å². The largest absolute Gasteiger partial charge is 0.472 e. The molecule has 1 N–H and O–H groups in total. The Balaban J connectivity index is 4.30. The molecule has 0 aliphatic rings. The van der Waals surface area contributed by atoms with Gasteiger partial charge in [0.15, 0.2) is 6.10 Å². The van der Waals surface area contributed by atoms with Crippen LogP contribution in [-0.2, 0) is 32.7 Å². The van der Waals surface area contributed by atoms with E-state index in [9.17, 15) is 19.0 Å². The zero-order chi connectivity index (χ0) is 38.6. The SMILES string of the molecule is CCCCCCC/C=C\C/C=C\C/C=C\CCCCCCCCC(=O)OC(COC(=O)CCCCCCCCC)COP(=O)(O)OCC[N+](C)(C)C. The van der Waals surface area contributed by atoms with Crippen LogP contribution in [0.1, 0.15) is 168 Å². The smallest absolute Gasteiger partial charge is 0.462 e. The van der Waals surface area contributed by atoms with Crippen LogP contribution in [0.4, 0.5) is 0 Å². The third kappa shape index (κ3) is 38.0. The average molecular weight is 757 g/mol. The summed E-state index contributed by atoms with van der Waals surface area (Å²) in [5, 5.41) is 0. The summed E-state index contributed by atoms with van der Waals surface area (Å²) in [6.07, 6.45) is 37.8. The molecule has 0 bridgehead atoms. The number of unbranched alkanes of at least 4 members (excludes halogenated alkanes) is 17. The predicted octanol–water partition coefficient (Wildman–Crippen LogP) is 11.4. The molecule has 0 spiro atoms. The Morgan fingerprint density at radius 3 is 1.54 bits per heavy atom. The number of likely N-dealkylation sites (N-methyl/N-ethyl adjacent to an activating group) is 1. The van der Waals surface area contributed by atoms with Gasteiger partial charge in [-0.05, 0) is 51.4 Å². The molecule has 0 heterocycles. The number of phosphoric ester groups is 1. The molecule has 2 atom stereocenters. The van der Waals surface area contributed by atoms with Gasteiger partial charge in [-0.2, -0.15) is 0 Å². The van der Waals surface area contributed by atoms with Crippen LogP contribution in [0.25, 0.3) is 0 Å². The van der Waals surface area contributed by atoms with Crippen molar-refractivity contribution in [2.75, 3.05) is 47.5 Å². The molecule has 0 aromatic carbocycles. The third-order valence-corrected chi connectivity index (χ3v) is 9.66. The number of carbonyl (C=O) groups excluding carboxylic acids is 2. The van der Waals surface area contributed by atoms with E-state index in [2.05, 4.69) is 50.3 Å². The van der Waals surface area contributed by atoms with Gasteiger partial charge >= 0.3 is 19.8 Å². The molecule has 0 aliphatic carbocycles. The lowest BCUT2D eigenvalue weighted by Gasteiger charge is -2.24. The number of hydrogen-bond acceptors (Lipinski definition) is 7. The number of carbonyl (C=O) groups is 2. The van der Waals surface area contributed by atoms with Crippen LogP contribution in [0.5, 0.6) is 0 Å². The van der Waals surface area contributed by atoms with Gasteiger partial charge in [-0.15, -0.1) is 0 Å². The first kappa shape index (κ1) is 50.2. The van der Waals surface area contributed by atoms with Crippen molar-refractivity contribution in [2.24, 2.45) is 0 Å². The van der Waals surface area contributed by atoms with E-state index in [-0.39, 0.29) is 32.0 Å². The van der Waals surface area contributed by atoms with Gasteiger partial charge in [0.1, 0.15) is 19.8 Å². The number of nitrogens with zero attached hydrogens (tertiary/aromatic N) is 1. The molecule has 10 heteroatoms. The first-order valence-corrected chi connectivity index (χ1v) is 22.2. The Morgan fingerprint density at radius 1 is 0.596 bits per heavy atom. The molecule has 0 rings (SSSR count). The van der Waals surface area contributed by atoms with Crippen molar-refractivity contribution >= 4 is 19.8 Å². The van der Waals surface area contributed by atoms with Gasteiger partial charge in [0.05, 0.1) is 27.7 Å². The summed E-state index contributed by atoms with van der Waals surface area (Å²) in [5.41, 5.74) is 0. The molecule has 0 saturated heterocycles. The topological polar surface area (TPSA) is 108 Å². The number of allylic oxidation sites excluding steroid dienone is 6.